The van der Waals surface area contributed by atoms with Gasteiger partial charge < -0.3 is 4.74 Å². The fourth-order valence-electron chi connectivity index (χ4n) is 1.34. The molecule has 1 aromatic carbocycles. The largest absolute Gasteiger partial charge is 0.472 e. The summed E-state index contributed by atoms with van der Waals surface area (Å²) < 4.78 is 42.3. The normalized spacial score (nSPS) is 11.4. The van der Waals surface area contributed by atoms with Gasteiger partial charge in [0, 0.05) is 0 Å². The molecule has 0 aliphatic heterocycles. The van der Waals surface area contributed by atoms with Crippen molar-refractivity contribution in [3.05, 3.63) is 52.9 Å². The molecule has 100 valence electrons. The van der Waals surface area contributed by atoms with Crippen LogP contribution in [0.3, 0.4) is 0 Å². The highest BCUT2D eigenvalue weighted by Gasteiger charge is 2.29. The van der Waals surface area contributed by atoms with Crippen LogP contribution in [0, 0.1) is 0 Å². The lowest BCUT2D eigenvalue weighted by Crippen LogP contribution is -2.05. The fourth-order valence-corrected chi connectivity index (χ4v) is 1.48. The number of nitrogens with zero attached hydrogens (tertiary/aromatic N) is 2. The zero-order valence-corrected chi connectivity index (χ0v) is 10.2. The van der Waals surface area contributed by atoms with Crippen molar-refractivity contribution in [3.8, 4) is 5.88 Å². The third-order valence-electron chi connectivity index (χ3n) is 2.25. The lowest BCUT2D eigenvalue weighted by atomic mass is 10.1. The molecule has 3 nitrogen and oxygen atoms in total. The molecule has 0 saturated heterocycles. The van der Waals surface area contributed by atoms with E-state index in [1.54, 1.807) is 0 Å². The van der Waals surface area contributed by atoms with Crippen molar-refractivity contribution in [3.63, 3.8) is 0 Å². The molecule has 2 aromatic rings. The van der Waals surface area contributed by atoms with Gasteiger partial charge >= 0.3 is 6.18 Å². The average Bonchev–Trinajstić information content (AvgIpc) is 2.36. The van der Waals surface area contributed by atoms with E-state index < -0.39 is 11.7 Å². The van der Waals surface area contributed by atoms with Gasteiger partial charge in [-0.2, -0.15) is 18.2 Å². The van der Waals surface area contributed by atoms with E-state index >= 15 is 0 Å². The Balaban J connectivity index is 2.01. The van der Waals surface area contributed by atoms with Gasteiger partial charge in [0.25, 0.3) is 0 Å². The van der Waals surface area contributed by atoms with Gasteiger partial charge in [-0.1, -0.05) is 23.7 Å². The van der Waals surface area contributed by atoms with Crippen molar-refractivity contribution in [2.45, 2.75) is 12.8 Å². The molecule has 0 N–H and O–H groups in total. The van der Waals surface area contributed by atoms with Crippen LogP contribution in [-0.4, -0.2) is 9.97 Å². The lowest BCUT2D eigenvalue weighted by Gasteiger charge is -2.08. The quantitative estimate of drug-likeness (QED) is 0.863. The molecule has 0 saturated carbocycles. The molecule has 1 heterocycles. The van der Waals surface area contributed by atoms with Gasteiger partial charge in [0.1, 0.15) is 6.61 Å². The smallest absolute Gasteiger partial charge is 0.416 e. The summed E-state index contributed by atoms with van der Waals surface area (Å²) in [6.45, 7) is 0.0904. The molecule has 0 aliphatic carbocycles. The summed E-state index contributed by atoms with van der Waals surface area (Å²) in [5.41, 5.74) is -0.103. The second-order valence-corrected chi connectivity index (χ2v) is 4.05. The van der Waals surface area contributed by atoms with Crippen LogP contribution in [0.25, 0.3) is 0 Å². The predicted octanol–water partition coefficient (Wildman–Crippen LogP) is 3.73. The zero-order chi connectivity index (χ0) is 13.9. The molecule has 2 rings (SSSR count). The second kappa shape index (κ2) is 5.44. The number of hydrogen-bond donors (Lipinski definition) is 0. The predicted molar refractivity (Wildman–Crippen MR) is 62.8 cm³/mol. The summed E-state index contributed by atoms with van der Waals surface area (Å²) in [6, 6.07) is 4.70. The topological polar surface area (TPSA) is 35.0 Å². The molecule has 0 aliphatic rings. The molecule has 19 heavy (non-hydrogen) atoms. The van der Waals surface area contributed by atoms with E-state index in [0.29, 0.717) is 5.56 Å². The van der Waals surface area contributed by atoms with E-state index in [2.05, 4.69) is 9.97 Å². The van der Waals surface area contributed by atoms with Gasteiger partial charge in [-0.05, 0) is 17.7 Å². The summed E-state index contributed by atoms with van der Waals surface area (Å²) in [4.78, 5) is 7.62. The highest BCUT2D eigenvalue weighted by molar-refractivity contribution is 6.29. The molecule has 0 spiro atoms. The van der Waals surface area contributed by atoms with E-state index in [0.717, 1.165) is 12.1 Å². The van der Waals surface area contributed by atoms with Crippen molar-refractivity contribution in [1.82, 2.24) is 9.97 Å². The Labute approximate surface area is 112 Å². The minimum atomic E-state index is -4.34. The second-order valence-electron chi connectivity index (χ2n) is 3.66. The van der Waals surface area contributed by atoms with Gasteiger partial charge in [-0.3, -0.25) is 4.98 Å². The number of benzene rings is 1. The Hall–Kier alpha value is -1.82. The van der Waals surface area contributed by atoms with E-state index in [9.17, 15) is 13.2 Å². The van der Waals surface area contributed by atoms with Gasteiger partial charge in [-0.15, -0.1) is 0 Å². The number of halogens is 4. The molecule has 0 atom stereocenters. The maximum atomic E-state index is 12.4. The van der Waals surface area contributed by atoms with Crippen LogP contribution in [0.2, 0.25) is 5.15 Å². The molecule has 0 fully saturated rings. The maximum absolute atomic E-state index is 12.4. The number of hydrogen-bond acceptors (Lipinski definition) is 3. The molecule has 0 amide bonds. The monoisotopic (exact) mass is 288 g/mol. The molecule has 0 bridgehead atoms. The third kappa shape index (κ3) is 3.82. The number of alkyl halides is 3. The van der Waals surface area contributed by atoms with Crippen LogP contribution in [0.4, 0.5) is 13.2 Å². The SMILES string of the molecule is FC(F)(F)c1ccc(COc2cncc(Cl)n2)cc1. The van der Waals surface area contributed by atoms with E-state index in [-0.39, 0.29) is 17.6 Å². The Morgan fingerprint density at radius 2 is 1.79 bits per heavy atom. The average molecular weight is 289 g/mol. The number of aromatic nitrogens is 2. The highest BCUT2D eigenvalue weighted by Crippen LogP contribution is 2.29. The van der Waals surface area contributed by atoms with Crippen LogP contribution in [0.1, 0.15) is 11.1 Å². The minimum Gasteiger partial charge on any atom is -0.472 e. The van der Waals surface area contributed by atoms with Crippen molar-refractivity contribution in [1.29, 1.82) is 0 Å². The third-order valence-corrected chi connectivity index (χ3v) is 2.43. The van der Waals surface area contributed by atoms with Crippen molar-refractivity contribution in [2.75, 3.05) is 0 Å². The summed E-state index contributed by atoms with van der Waals surface area (Å²) in [6.07, 6.45) is -1.61. The van der Waals surface area contributed by atoms with Gasteiger partial charge in [0.2, 0.25) is 5.88 Å². The molecular formula is C12H8ClF3N2O. The maximum Gasteiger partial charge on any atom is 0.416 e. The first-order valence-electron chi connectivity index (χ1n) is 5.21. The fraction of sp³-hybridized carbons (Fsp3) is 0.167. The number of rotatable bonds is 3. The van der Waals surface area contributed by atoms with Crippen molar-refractivity contribution >= 4 is 11.6 Å². The minimum absolute atomic E-state index is 0.0904. The standard InChI is InChI=1S/C12H8ClF3N2O/c13-10-5-17-6-11(18-10)19-7-8-1-3-9(4-2-8)12(14,15)16/h1-6H,7H2. The van der Waals surface area contributed by atoms with Crippen LogP contribution in [0.5, 0.6) is 5.88 Å². The van der Waals surface area contributed by atoms with Crippen LogP contribution in [0.15, 0.2) is 36.7 Å². The van der Waals surface area contributed by atoms with E-state index in [1.165, 1.54) is 24.5 Å². The summed E-state index contributed by atoms with van der Waals surface area (Å²) in [5.74, 6) is 0.215. The molecular weight excluding hydrogens is 281 g/mol. The molecule has 7 heteroatoms. The van der Waals surface area contributed by atoms with E-state index in [1.807, 2.05) is 0 Å². The van der Waals surface area contributed by atoms with Crippen LogP contribution in [-0.2, 0) is 12.8 Å². The first kappa shape index (κ1) is 13.6. The summed E-state index contributed by atoms with van der Waals surface area (Å²) in [7, 11) is 0. The van der Waals surface area contributed by atoms with Gasteiger partial charge in [0.05, 0.1) is 18.0 Å². The van der Waals surface area contributed by atoms with Crippen molar-refractivity contribution < 1.29 is 17.9 Å². The summed E-state index contributed by atoms with van der Waals surface area (Å²) in [5, 5.41) is 0.185. The Kier molecular flexibility index (Phi) is 3.90. The Morgan fingerprint density at radius 1 is 1.11 bits per heavy atom. The van der Waals surface area contributed by atoms with Crippen molar-refractivity contribution in [2.24, 2.45) is 0 Å². The van der Waals surface area contributed by atoms with Gasteiger partial charge in [0.15, 0.2) is 5.15 Å². The van der Waals surface area contributed by atoms with E-state index in [4.69, 9.17) is 16.3 Å². The highest BCUT2D eigenvalue weighted by atomic mass is 35.5. The molecule has 1 aromatic heterocycles. The zero-order valence-electron chi connectivity index (χ0n) is 9.49. The summed E-state index contributed by atoms with van der Waals surface area (Å²) >= 11 is 5.62. The van der Waals surface area contributed by atoms with Crippen LogP contribution >= 0.6 is 11.6 Å². The Bertz CT molecular complexity index is 558. The first-order valence-corrected chi connectivity index (χ1v) is 5.59. The Morgan fingerprint density at radius 3 is 2.37 bits per heavy atom. The number of ether oxygens (including phenoxy) is 1. The lowest BCUT2D eigenvalue weighted by molar-refractivity contribution is -0.137. The van der Waals surface area contributed by atoms with Gasteiger partial charge in [-0.25, -0.2) is 0 Å². The van der Waals surface area contributed by atoms with Crippen LogP contribution < -0.4 is 4.74 Å². The first-order chi connectivity index (χ1) is 8.95. The molecule has 0 unspecified atom stereocenters. The molecule has 0 radical (unpaired) electrons.